The molecule has 0 saturated carbocycles. The number of rotatable bonds is 3. The standard InChI is InChI=1S/C10H15N3O2/c1-10(12,6-11)8-5-3-4-7(13-8)9(14)15-2/h3-5H,6,11-12H2,1-2H3. The second-order valence-electron chi connectivity index (χ2n) is 3.52. The zero-order valence-corrected chi connectivity index (χ0v) is 8.86. The summed E-state index contributed by atoms with van der Waals surface area (Å²) in [5, 5.41) is 0. The van der Waals surface area contributed by atoms with Gasteiger partial charge in [-0.3, -0.25) is 0 Å². The molecule has 1 unspecified atom stereocenters. The van der Waals surface area contributed by atoms with Gasteiger partial charge in [0.05, 0.1) is 18.3 Å². The number of ether oxygens (including phenoxy) is 1. The van der Waals surface area contributed by atoms with Crippen molar-refractivity contribution in [2.75, 3.05) is 13.7 Å². The quantitative estimate of drug-likeness (QED) is 0.684. The Morgan fingerprint density at radius 3 is 2.80 bits per heavy atom. The Hall–Kier alpha value is -1.46. The van der Waals surface area contributed by atoms with E-state index in [0.717, 1.165) is 0 Å². The lowest BCUT2D eigenvalue weighted by Gasteiger charge is -2.21. The minimum Gasteiger partial charge on any atom is -0.464 e. The van der Waals surface area contributed by atoms with Gasteiger partial charge < -0.3 is 16.2 Å². The lowest BCUT2D eigenvalue weighted by atomic mass is 9.99. The maximum absolute atomic E-state index is 11.2. The molecule has 0 radical (unpaired) electrons. The highest BCUT2D eigenvalue weighted by Crippen LogP contribution is 2.14. The van der Waals surface area contributed by atoms with Crippen molar-refractivity contribution in [3.05, 3.63) is 29.6 Å². The molecule has 0 saturated heterocycles. The van der Waals surface area contributed by atoms with Crippen LogP contribution < -0.4 is 11.5 Å². The largest absolute Gasteiger partial charge is 0.464 e. The molecule has 1 atom stereocenters. The molecule has 0 aliphatic carbocycles. The second-order valence-corrected chi connectivity index (χ2v) is 3.52. The van der Waals surface area contributed by atoms with Gasteiger partial charge in [-0.05, 0) is 19.1 Å². The van der Waals surface area contributed by atoms with E-state index in [1.807, 2.05) is 0 Å². The Labute approximate surface area is 88.4 Å². The molecule has 1 rings (SSSR count). The van der Waals surface area contributed by atoms with Crippen LogP contribution in [0.5, 0.6) is 0 Å². The topological polar surface area (TPSA) is 91.2 Å². The molecule has 0 bridgehead atoms. The molecule has 4 N–H and O–H groups in total. The molecule has 0 aliphatic heterocycles. The van der Waals surface area contributed by atoms with Crippen molar-refractivity contribution in [2.45, 2.75) is 12.5 Å². The number of nitrogens with two attached hydrogens (primary N) is 2. The Morgan fingerprint density at radius 2 is 2.27 bits per heavy atom. The summed E-state index contributed by atoms with van der Waals surface area (Å²) < 4.78 is 4.56. The first-order valence-electron chi connectivity index (χ1n) is 4.56. The predicted molar refractivity (Wildman–Crippen MR) is 56.2 cm³/mol. The summed E-state index contributed by atoms with van der Waals surface area (Å²) in [6, 6.07) is 5.01. The van der Waals surface area contributed by atoms with Crippen molar-refractivity contribution in [1.82, 2.24) is 4.98 Å². The molecule has 1 aromatic heterocycles. The summed E-state index contributed by atoms with van der Waals surface area (Å²) in [4.78, 5) is 15.3. The third-order valence-electron chi connectivity index (χ3n) is 2.15. The number of carbonyl (C=O) groups is 1. The van der Waals surface area contributed by atoms with Crippen LogP contribution in [0.2, 0.25) is 0 Å². The van der Waals surface area contributed by atoms with E-state index in [4.69, 9.17) is 11.5 Å². The summed E-state index contributed by atoms with van der Waals surface area (Å²) in [6.45, 7) is 2.01. The zero-order chi connectivity index (χ0) is 11.5. The molecule has 0 aromatic carbocycles. The van der Waals surface area contributed by atoms with Gasteiger partial charge in [-0.15, -0.1) is 0 Å². The second kappa shape index (κ2) is 4.37. The van der Waals surface area contributed by atoms with E-state index >= 15 is 0 Å². The number of carbonyl (C=O) groups excluding carboxylic acids is 1. The van der Waals surface area contributed by atoms with E-state index < -0.39 is 11.5 Å². The van der Waals surface area contributed by atoms with Crippen LogP contribution in [0.25, 0.3) is 0 Å². The van der Waals surface area contributed by atoms with Crippen LogP contribution in [-0.2, 0) is 10.3 Å². The average Bonchev–Trinajstić information content (AvgIpc) is 2.28. The van der Waals surface area contributed by atoms with Crippen molar-refractivity contribution in [1.29, 1.82) is 0 Å². The molecule has 5 nitrogen and oxygen atoms in total. The maximum Gasteiger partial charge on any atom is 0.356 e. The third kappa shape index (κ3) is 2.51. The van der Waals surface area contributed by atoms with Crippen molar-refractivity contribution in [3.63, 3.8) is 0 Å². The highest BCUT2D eigenvalue weighted by molar-refractivity contribution is 5.87. The highest BCUT2D eigenvalue weighted by Gasteiger charge is 2.21. The van der Waals surface area contributed by atoms with Crippen molar-refractivity contribution in [3.8, 4) is 0 Å². The fourth-order valence-electron chi connectivity index (χ4n) is 1.08. The van der Waals surface area contributed by atoms with E-state index in [0.29, 0.717) is 5.69 Å². The van der Waals surface area contributed by atoms with E-state index in [2.05, 4.69) is 9.72 Å². The van der Waals surface area contributed by atoms with Crippen molar-refractivity contribution in [2.24, 2.45) is 11.5 Å². The van der Waals surface area contributed by atoms with Crippen LogP contribution in [0.1, 0.15) is 23.1 Å². The summed E-state index contributed by atoms with van der Waals surface area (Å²) in [7, 11) is 1.31. The lowest BCUT2D eigenvalue weighted by Crippen LogP contribution is -2.41. The van der Waals surface area contributed by atoms with Crippen LogP contribution in [0, 0.1) is 0 Å². The van der Waals surface area contributed by atoms with Gasteiger partial charge >= 0.3 is 5.97 Å². The van der Waals surface area contributed by atoms with E-state index in [-0.39, 0.29) is 12.2 Å². The van der Waals surface area contributed by atoms with Gasteiger partial charge in [0, 0.05) is 6.54 Å². The van der Waals surface area contributed by atoms with E-state index in [1.54, 1.807) is 25.1 Å². The van der Waals surface area contributed by atoms with Crippen LogP contribution in [0.4, 0.5) is 0 Å². The van der Waals surface area contributed by atoms with Crippen LogP contribution in [-0.4, -0.2) is 24.6 Å². The summed E-state index contributed by atoms with van der Waals surface area (Å²) in [5.74, 6) is -0.482. The molecular formula is C10H15N3O2. The van der Waals surface area contributed by atoms with Crippen LogP contribution >= 0.6 is 0 Å². The van der Waals surface area contributed by atoms with E-state index in [1.165, 1.54) is 7.11 Å². The Balaban J connectivity index is 3.08. The summed E-state index contributed by atoms with van der Waals surface area (Å²) in [6.07, 6.45) is 0. The molecule has 5 heteroatoms. The first kappa shape index (κ1) is 11.6. The number of nitrogens with zero attached hydrogens (tertiary/aromatic N) is 1. The minimum atomic E-state index is -0.732. The van der Waals surface area contributed by atoms with Gasteiger partial charge in [0.25, 0.3) is 0 Å². The van der Waals surface area contributed by atoms with Crippen molar-refractivity contribution >= 4 is 5.97 Å². The zero-order valence-electron chi connectivity index (χ0n) is 8.86. The number of aromatic nitrogens is 1. The first-order valence-corrected chi connectivity index (χ1v) is 4.56. The number of hydrogen-bond donors (Lipinski definition) is 2. The predicted octanol–water partition coefficient (Wildman–Crippen LogP) is 0.000800. The van der Waals surface area contributed by atoms with Gasteiger partial charge in [-0.25, -0.2) is 9.78 Å². The normalized spacial score (nSPS) is 14.4. The smallest absolute Gasteiger partial charge is 0.356 e. The van der Waals surface area contributed by atoms with Gasteiger partial charge in [-0.2, -0.15) is 0 Å². The summed E-state index contributed by atoms with van der Waals surface area (Å²) >= 11 is 0. The molecule has 0 aliphatic rings. The Morgan fingerprint density at radius 1 is 1.60 bits per heavy atom. The van der Waals surface area contributed by atoms with E-state index in [9.17, 15) is 4.79 Å². The maximum atomic E-state index is 11.2. The van der Waals surface area contributed by atoms with Gasteiger partial charge in [0.2, 0.25) is 0 Å². The molecule has 15 heavy (non-hydrogen) atoms. The number of hydrogen-bond acceptors (Lipinski definition) is 5. The molecule has 0 amide bonds. The number of esters is 1. The SMILES string of the molecule is COC(=O)c1cccc(C(C)(N)CN)n1. The lowest BCUT2D eigenvalue weighted by molar-refractivity contribution is 0.0593. The van der Waals surface area contributed by atoms with Crippen LogP contribution in [0.3, 0.4) is 0 Å². The average molecular weight is 209 g/mol. The first-order chi connectivity index (χ1) is 7.01. The third-order valence-corrected chi connectivity index (χ3v) is 2.15. The van der Waals surface area contributed by atoms with Gasteiger partial charge in [0.1, 0.15) is 5.69 Å². The fraction of sp³-hybridized carbons (Fsp3) is 0.400. The number of methoxy groups -OCH3 is 1. The molecule has 0 fully saturated rings. The van der Waals surface area contributed by atoms with Crippen molar-refractivity contribution < 1.29 is 9.53 Å². The molecule has 1 heterocycles. The molecule has 1 aromatic rings. The molecular weight excluding hydrogens is 194 g/mol. The highest BCUT2D eigenvalue weighted by atomic mass is 16.5. The van der Waals surface area contributed by atoms with Gasteiger partial charge in [-0.1, -0.05) is 6.07 Å². The molecule has 0 spiro atoms. The Bertz CT molecular complexity index is 363. The minimum absolute atomic E-state index is 0.236. The Kier molecular flexibility index (Phi) is 3.39. The summed E-state index contributed by atoms with van der Waals surface area (Å²) in [5.41, 5.74) is 11.5. The van der Waals surface area contributed by atoms with Gasteiger partial charge in [0.15, 0.2) is 0 Å². The van der Waals surface area contributed by atoms with Crippen LogP contribution in [0.15, 0.2) is 18.2 Å². The fourth-order valence-corrected chi connectivity index (χ4v) is 1.08. The molecule has 82 valence electrons. The monoisotopic (exact) mass is 209 g/mol. The number of pyridine rings is 1.